The number of hydrogen-bond acceptors (Lipinski definition) is 1. The van der Waals surface area contributed by atoms with Crippen molar-refractivity contribution < 1.29 is 4.74 Å². The second kappa shape index (κ2) is 5.72. The van der Waals surface area contributed by atoms with Crippen molar-refractivity contribution in [2.24, 2.45) is 11.8 Å². The highest BCUT2D eigenvalue weighted by molar-refractivity contribution is 4.54. The number of ether oxygens (including phenoxy) is 1. The lowest BCUT2D eigenvalue weighted by atomic mass is 9.99. The van der Waals surface area contributed by atoms with Crippen LogP contribution in [0.3, 0.4) is 0 Å². The van der Waals surface area contributed by atoms with Crippen LogP contribution in [0.5, 0.6) is 0 Å². The van der Waals surface area contributed by atoms with Crippen molar-refractivity contribution in [3.05, 3.63) is 6.92 Å². The minimum Gasteiger partial charge on any atom is -0.381 e. The second-order valence-electron chi connectivity index (χ2n) is 3.15. The molecule has 0 aliphatic heterocycles. The molecule has 0 spiro atoms. The fraction of sp³-hybridized carbons (Fsp3) is 0.889. The van der Waals surface area contributed by atoms with E-state index in [0.29, 0.717) is 5.92 Å². The average Bonchev–Trinajstić information content (AvgIpc) is 1.88. The maximum atomic E-state index is 5.34. The quantitative estimate of drug-likeness (QED) is 0.537. The first-order valence-electron chi connectivity index (χ1n) is 4.05. The van der Waals surface area contributed by atoms with Crippen molar-refractivity contribution in [3.8, 4) is 0 Å². The van der Waals surface area contributed by atoms with Gasteiger partial charge in [-0.1, -0.05) is 27.7 Å². The summed E-state index contributed by atoms with van der Waals surface area (Å²) in [6, 6.07) is 0. The molecule has 0 amide bonds. The van der Waals surface area contributed by atoms with Gasteiger partial charge in [0.05, 0.1) is 0 Å². The van der Waals surface area contributed by atoms with Crippen LogP contribution < -0.4 is 0 Å². The third-order valence-corrected chi connectivity index (χ3v) is 1.81. The Balaban J connectivity index is 3.13. The zero-order valence-corrected chi connectivity index (χ0v) is 7.39. The molecule has 0 saturated heterocycles. The largest absolute Gasteiger partial charge is 0.381 e. The Kier molecular flexibility index (Phi) is 5.70. The van der Waals surface area contributed by atoms with Crippen LogP contribution in [-0.2, 0) is 4.74 Å². The maximum absolute atomic E-state index is 5.34. The van der Waals surface area contributed by atoms with E-state index in [2.05, 4.69) is 27.7 Å². The number of rotatable bonds is 5. The molecule has 0 saturated carbocycles. The molecule has 1 heteroatoms. The topological polar surface area (TPSA) is 9.23 Å². The predicted octanol–water partition coefficient (Wildman–Crippen LogP) is 2.52. The van der Waals surface area contributed by atoms with E-state index in [0.717, 1.165) is 25.6 Å². The Hall–Kier alpha value is -0.0400. The van der Waals surface area contributed by atoms with Gasteiger partial charge in [0.15, 0.2) is 0 Å². The third kappa shape index (κ3) is 4.80. The summed E-state index contributed by atoms with van der Waals surface area (Å²) in [7, 11) is 0. The van der Waals surface area contributed by atoms with Gasteiger partial charge in [0.25, 0.3) is 0 Å². The lowest BCUT2D eigenvalue weighted by molar-refractivity contribution is 0.0929. The molecule has 0 aromatic heterocycles. The van der Waals surface area contributed by atoms with E-state index >= 15 is 0 Å². The van der Waals surface area contributed by atoms with Crippen molar-refractivity contribution in [2.45, 2.75) is 27.2 Å². The maximum Gasteiger partial charge on any atom is 0.0494 e. The van der Waals surface area contributed by atoms with Crippen LogP contribution in [0.2, 0.25) is 0 Å². The van der Waals surface area contributed by atoms with Crippen molar-refractivity contribution >= 4 is 0 Å². The molecule has 0 rings (SSSR count). The summed E-state index contributed by atoms with van der Waals surface area (Å²) in [6.45, 7) is 12.0. The van der Waals surface area contributed by atoms with Gasteiger partial charge in [-0.3, -0.25) is 0 Å². The smallest absolute Gasteiger partial charge is 0.0494 e. The number of hydrogen-bond donors (Lipinski definition) is 0. The molecule has 10 heavy (non-hydrogen) atoms. The fourth-order valence-electron chi connectivity index (χ4n) is 0.564. The molecule has 0 bridgehead atoms. The summed E-state index contributed by atoms with van der Waals surface area (Å²) in [6.07, 6.45) is 0.880. The van der Waals surface area contributed by atoms with Crippen LogP contribution in [0.15, 0.2) is 0 Å². The zero-order valence-electron chi connectivity index (χ0n) is 7.39. The Bertz CT molecular complexity index is 69.1. The molecule has 1 nitrogen and oxygen atoms in total. The molecule has 0 fully saturated rings. The molecule has 61 valence electrons. The fourth-order valence-corrected chi connectivity index (χ4v) is 0.564. The Labute approximate surface area is 64.8 Å². The highest BCUT2D eigenvalue weighted by Gasteiger charge is 2.05. The van der Waals surface area contributed by atoms with E-state index in [4.69, 9.17) is 4.74 Å². The molecule has 0 aromatic rings. The second-order valence-corrected chi connectivity index (χ2v) is 3.15. The zero-order chi connectivity index (χ0) is 7.98. The molecular weight excluding hydrogens is 124 g/mol. The van der Waals surface area contributed by atoms with Crippen LogP contribution >= 0.6 is 0 Å². The van der Waals surface area contributed by atoms with Crippen LogP contribution in [0.1, 0.15) is 27.2 Å². The van der Waals surface area contributed by atoms with E-state index in [9.17, 15) is 0 Å². The van der Waals surface area contributed by atoms with Crippen molar-refractivity contribution in [1.82, 2.24) is 0 Å². The van der Waals surface area contributed by atoms with Crippen molar-refractivity contribution in [1.29, 1.82) is 0 Å². The standard InChI is InChI=1S/C9H19O/c1-5-6-10-7-9(4)8(2)3/h8-9H,1,5-7H2,2-4H3. The summed E-state index contributed by atoms with van der Waals surface area (Å²) in [4.78, 5) is 0. The molecule has 0 aromatic carbocycles. The van der Waals surface area contributed by atoms with E-state index in [-0.39, 0.29) is 0 Å². The van der Waals surface area contributed by atoms with Gasteiger partial charge in [0, 0.05) is 13.2 Å². The first-order valence-corrected chi connectivity index (χ1v) is 4.05. The molecule has 1 atom stereocenters. The van der Waals surface area contributed by atoms with E-state index < -0.39 is 0 Å². The van der Waals surface area contributed by atoms with Gasteiger partial charge in [-0.15, -0.1) is 0 Å². The van der Waals surface area contributed by atoms with Crippen LogP contribution in [0.25, 0.3) is 0 Å². The summed E-state index contributed by atoms with van der Waals surface area (Å²) in [5.74, 6) is 1.40. The minimum atomic E-state index is 0.673. The lowest BCUT2D eigenvalue weighted by Crippen LogP contribution is -2.12. The summed E-state index contributed by atoms with van der Waals surface area (Å²) in [5, 5.41) is 0. The lowest BCUT2D eigenvalue weighted by Gasteiger charge is -2.14. The molecule has 0 aliphatic rings. The van der Waals surface area contributed by atoms with E-state index in [1.165, 1.54) is 0 Å². The van der Waals surface area contributed by atoms with Crippen LogP contribution in [-0.4, -0.2) is 13.2 Å². The van der Waals surface area contributed by atoms with E-state index in [1.54, 1.807) is 0 Å². The van der Waals surface area contributed by atoms with Crippen molar-refractivity contribution in [2.75, 3.05) is 13.2 Å². The van der Waals surface area contributed by atoms with Crippen molar-refractivity contribution in [3.63, 3.8) is 0 Å². The monoisotopic (exact) mass is 143 g/mol. The first-order chi connectivity index (χ1) is 4.68. The third-order valence-electron chi connectivity index (χ3n) is 1.81. The van der Waals surface area contributed by atoms with E-state index in [1.807, 2.05) is 0 Å². The SMILES string of the molecule is [CH2]CCOCC(C)C(C)C. The average molecular weight is 143 g/mol. The van der Waals surface area contributed by atoms with Crippen LogP contribution in [0.4, 0.5) is 0 Å². The normalized spacial score (nSPS) is 14.1. The van der Waals surface area contributed by atoms with Gasteiger partial charge in [-0.05, 0) is 18.3 Å². The van der Waals surface area contributed by atoms with Gasteiger partial charge in [0.2, 0.25) is 0 Å². The van der Waals surface area contributed by atoms with Crippen LogP contribution in [0, 0.1) is 18.8 Å². The molecular formula is C9H19O. The molecule has 1 unspecified atom stereocenters. The van der Waals surface area contributed by atoms with Gasteiger partial charge >= 0.3 is 0 Å². The van der Waals surface area contributed by atoms with Gasteiger partial charge in [-0.25, -0.2) is 0 Å². The summed E-state index contributed by atoms with van der Waals surface area (Å²) >= 11 is 0. The Morgan fingerprint density at radius 2 is 1.90 bits per heavy atom. The Morgan fingerprint density at radius 3 is 2.30 bits per heavy atom. The minimum absolute atomic E-state index is 0.673. The van der Waals surface area contributed by atoms with Gasteiger partial charge < -0.3 is 4.74 Å². The Morgan fingerprint density at radius 1 is 1.30 bits per heavy atom. The molecule has 0 heterocycles. The molecule has 1 radical (unpaired) electrons. The predicted molar refractivity (Wildman–Crippen MR) is 44.8 cm³/mol. The highest BCUT2D eigenvalue weighted by atomic mass is 16.5. The summed E-state index contributed by atoms with van der Waals surface area (Å²) < 4.78 is 5.34. The highest BCUT2D eigenvalue weighted by Crippen LogP contribution is 2.09. The molecule has 0 N–H and O–H groups in total. The summed E-state index contributed by atoms with van der Waals surface area (Å²) in [5.41, 5.74) is 0. The van der Waals surface area contributed by atoms with Gasteiger partial charge in [0.1, 0.15) is 0 Å². The first kappa shape index (κ1) is 9.96. The molecule has 0 aliphatic carbocycles. The van der Waals surface area contributed by atoms with Gasteiger partial charge in [-0.2, -0.15) is 0 Å².